The standard InChI is InChI=1S/C44H52O10/c1-4-38(45)51-29-11-9-7-8-10-12-30-13-15-31(16-14-30)32-17-19-33(20-18-32)34-21-23-35(24-22-34)41(46)52-37-27-25-36(26-28-37)44-53-39(42(47)49-5-2)40(54-44)43(48)50-6-3/h4,17-28,30-31,39-40,44H,1,5-16,29H2,2-3H3/t30?,31?,39-,40-/m1/s1. The Bertz CT molecular complexity index is 1650. The van der Waals surface area contributed by atoms with Crippen LogP contribution in [0.5, 0.6) is 5.75 Å². The van der Waals surface area contributed by atoms with Crippen LogP contribution in [0.4, 0.5) is 0 Å². The Morgan fingerprint density at radius 3 is 1.78 bits per heavy atom. The van der Waals surface area contributed by atoms with Crippen molar-refractivity contribution in [1.29, 1.82) is 0 Å². The van der Waals surface area contributed by atoms with Crippen molar-refractivity contribution in [3.63, 3.8) is 0 Å². The summed E-state index contributed by atoms with van der Waals surface area (Å²) in [5.74, 6) is -0.523. The van der Waals surface area contributed by atoms with Gasteiger partial charge in [-0.3, -0.25) is 0 Å². The van der Waals surface area contributed by atoms with Gasteiger partial charge >= 0.3 is 23.9 Å². The van der Waals surface area contributed by atoms with E-state index >= 15 is 0 Å². The minimum absolute atomic E-state index is 0.126. The fraction of sp³-hybridized carbons (Fsp3) is 0.455. The van der Waals surface area contributed by atoms with Gasteiger partial charge in [-0.15, -0.1) is 0 Å². The van der Waals surface area contributed by atoms with Crippen molar-refractivity contribution >= 4 is 23.9 Å². The average Bonchev–Trinajstić information content (AvgIpc) is 3.66. The molecule has 10 heteroatoms. The molecule has 54 heavy (non-hydrogen) atoms. The molecule has 10 nitrogen and oxygen atoms in total. The van der Waals surface area contributed by atoms with Crippen molar-refractivity contribution in [2.75, 3.05) is 19.8 Å². The molecular weight excluding hydrogens is 688 g/mol. The zero-order valence-electron chi connectivity index (χ0n) is 31.4. The molecule has 2 fully saturated rings. The fourth-order valence-electron chi connectivity index (χ4n) is 7.09. The average molecular weight is 741 g/mol. The van der Waals surface area contributed by atoms with Crippen molar-refractivity contribution in [1.82, 2.24) is 0 Å². The molecule has 0 spiro atoms. The van der Waals surface area contributed by atoms with Crippen molar-refractivity contribution in [2.24, 2.45) is 5.92 Å². The molecule has 0 bridgehead atoms. The molecule has 0 radical (unpaired) electrons. The van der Waals surface area contributed by atoms with E-state index in [1.165, 1.54) is 63.0 Å². The molecule has 1 aliphatic carbocycles. The van der Waals surface area contributed by atoms with E-state index in [1.807, 2.05) is 12.1 Å². The van der Waals surface area contributed by atoms with Crippen LogP contribution in [0.15, 0.2) is 85.5 Å². The Labute approximate surface area is 318 Å². The van der Waals surface area contributed by atoms with Gasteiger partial charge in [0.1, 0.15) is 5.75 Å². The number of carbonyl (C=O) groups excluding carboxylic acids is 4. The topological polar surface area (TPSA) is 124 Å². The summed E-state index contributed by atoms with van der Waals surface area (Å²) >= 11 is 0. The summed E-state index contributed by atoms with van der Waals surface area (Å²) in [7, 11) is 0. The van der Waals surface area contributed by atoms with Gasteiger partial charge in [0, 0.05) is 11.6 Å². The van der Waals surface area contributed by atoms with Gasteiger partial charge in [-0.05, 0) is 98.7 Å². The van der Waals surface area contributed by atoms with Gasteiger partial charge in [0.05, 0.1) is 25.4 Å². The van der Waals surface area contributed by atoms with Crippen LogP contribution >= 0.6 is 0 Å². The lowest BCUT2D eigenvalue weighted by molar-refractivity contribution is -0.163. The normalized spacial score (nSPS) is 19.8. The number of unbranched alkanes of at least 4 members (excludes halogenated alkanes) is 4. The van der Waals surface area contributed by atoms with E-state index in [9.17, 15) is 19.2 Å². The first-order chi connectivity index (χ1) is 26.3. The summed E-state index contributed by atoms with van der Waals surface area (Å²) in [6, 6.07) is 22.6. The quantitative estimate of drug-likeness (QED) is 0.0411. The Morgan fingerprint density at radius 2 is 1.20 bits per heavy atom. The van der Waals surface area contributed by atoms with Crippen LogP contribution in [0.1, 0.15) is 112 Å². The summed E-state index contributed by atoms with van der Waals surface area (Å²) in [5, 5.41) is 0. The van der Waals surface area contributed by atoms with Crippen LogP contribution < -0.4 is 4.74 Å². The van der Waals surface area contributed by atoms with E-state index in [0.717, 1.165) is 29.9 Å². The summed E-state index contributed by atoms with van der Waals surface area (Å²) in [6.45, 7) is 7.47. The SMILES string of the molecule is C=CC(=O)OCCCCCCCC1CCC(c2ccc(-c3ccc(C(=O)Oc4ccc(C5O[C@@H](C(=O)OCC)[C@H](C(=O)OCC)O5)cc4)cc3)cc2)CC1. The van der Waals surface area contributed by atoms with Gasteiger partial charge in [-0.1, -0.05) is 87.2 Å². The van der Waals surface area contributed by atoms with Crippen LogP contribution in [-0.2, 0) is 38.1 Å². The zero-order valence-corrected chi connectivity index (χ0v) is 31.4. The van der Waals surface area contributed by atoms with Crippen molar-refractivity contribution in [3.8, 4) is 16.9 Å². The second kappa shape index (κ2) is 20.6. The summed E-state index contributed by atoms with van der Waals surface area (Å²) in [6.07, 6.45) is 9.72. The molecule has 0 N–H and O–H groups in total. The first kappa shape index (κ1) is 40.4. The molecule has 1 saturated carbocycles. The molecule has 1 heterocycles. The van der Waals surface area contributed by atoms with Crippen LogP contribution in [0.2, 0.25) is 0 Å². The van der Waals surface area contributed by atoms with Gasteiger partial charge in [0.15, 0.2) is 18.5 Å². The number of rotatable bonds is 18. The van der Waals surface area contributed by atoms with E-state index in [-0.39, 0.29) is 19.2 Å². The van der Waals surface area contributed by atoms with Gasteiger partial charge in [-0.25, -0.2) is 19.2 Å². The van der Waals surface area contributed by atoms with Gasteiger partial charge in [-0.2, -0.15) is 0 Å². The molecule has 5 rings (SSSR count). The van der Waals surface area contributed by atoms with Gasteiger partial charge < -0.3 is 28.4 Å². The number of carbonyl (C=O) groups is 4. The van der Waals surface area contributed by atoms with Crippen molar-refractivity contribution < 1.29 is 47.6 Å². The highest BCUT2D eigenvalue weighted by molar-refractivity contribution is 5.91. The highest BCUT2D eigenvalue weighted by atomic mass is 16.8. The minimum Gasteiger partial charge on any atom is -0.464 e. The Hall–Kier alpha value is -4.80. The largest absolute Gasteiger partial charge is 0.464 e. The fourth-order valence-corrected chi connectivity index (χ4v) is 7.09. The molecule has 0 aromatic heterocycles. The van der Waals surface area contributed by atoms with E-state index in [2.05, 4.69) is 30.8 Å². The highest BCUT2D eigenvalue weighted by Gasteiger charge is 2.47. The molecule has 2 aliphatic rings. The zero-order chi connectivity index (χ0) is 38.3. The third-order valence-electron chi connectivity index (χ3n) is 10.1. The lowest BCUT2D eigenvalue weighted by Gasteiger charge is -2.29. The Morgan fingerprint density at radius 1 is 0.667 bits per heavy atom. The molecule has 3 aromatic carbocycles. The van der Waals surface area contributed by atoms with E-state index in [4.69, 9.17) is 28.4 Å². The second-order valence-corrected chi connectivity index (χ2v) is 13.8. The summed E-state index contributed by atoms with van der Waals surface area (Å²) in [5.41, 5.74) is 4.45. The highest BCUT2D eigenvalue weighted by Crippen LogP contribution is 2.38. The predicted molar refractivity (Wildman–Crippen MR) is 203 cm³/mol. The first-order valence-electron chi connectivity index (χ1n) is 19.3. The van der Waals surface area contributed by atoms with Gasteiger partial charge in [0.25, 0.3) is 0 Å². The number of hydrogen-bond acceptors (Lipinski definition) is 10. The van der Waals surface area contributed by atoms with Crippen molar-refractivity contribution in [2.45, 2.75) is 102 Å². The molecule has 0 unspecified atom stereocenters. The van der Waals surface area contributed by atoms with Crippen LogP contribution in [0.25, 0.3) is 11.1 Å². The van der Waals surface area contributed by atoms with E-state index < -0.39 is 36.4 Å². The number of ether oxygens (including phenoxy) is 6. The maximum Gasteiger partial charge on any atom is 0.343 e. The summed E-state index contributed by atoms with van der Waals surface area (Å²) in [4.78, 5) is 48.9. The van der Waals surface area contributed by atoms with Crippen LogP contribution in [0.3, 0.4) is 0 Å². The van der Waals surface area contributed by atoms with E-state index in [1.54, 1.807) is 50.2 Å². The number of esters is 4. The molecule has 1 saturated heterocycles. The van der Waals surface area contributed by atoms with Crippen LogP contribution in [-0.4, -0.2) is 55.9 Å². The van der Waals surface area contributed by atoms with E-state index in [0.29, 0.717) is 29.4 Å². The first-order valence-corrected chi connectivity index (χ1v) is 19.3. The minimum atomic E-state index is -1.26. The Kier molecular flexibility index (Phi) is 15.4. The van der Waals surface area contributed by atoms with Crippen molar-refractivity contribution in [3.05, 3.63) is 102 Å². The number of hydrogen-bond donors (Lipinski definition) is 0. The predicted octanol–water partition coefficient (Wildman–Crippen LogP) is 8.83. The van der Waals surface area contributed by atoms with Crippen LogP contribution in [0, 0.1) is 5.92 Å². The Balaban J connectivity index is 1.05. The smallest absolute Gasteiger partial charge is 0.343 e. The van der Waals surface area contributed by atoms with Gasteiger partial charge in [0.2, 0.25) is 0 Å². The lowest BCUT2D eigenvalue weighted by Crippen LogP contribution is -2.39. The monoisotopic (exact) mass is 740 g/mol. The second-order valence-electron chi connectivity index (χ2n) is 13.8. The molecule has 0 amide bonds. The molecule has 288 valence electrons. The maximum absolute atomic E-state index is 13.0. The third-order valence-corrected chi connectivity index (χ3v) is 10.1. The molecule has 2 atom stereocenters. The molecular formula is C44H52O10. The third kappa shape index (κ3) is 11.4. The molecule has 3 aromatic rings. The molecule has 1 aliphatic heterocycles. The number of benzene rings is 3. The lowest BCUT2D eigenvalue weighted by atomic mass is 9.77. The maximum atomic E-state index is 13.0. The summed E-state index contributed by atoms with van der Waals surface area (Å²) < 4.78 is 32.2.